The maximum atomic E-state index is 5.12. The molecule has 0 aliphatic rings. The largest absolute Gasteiger partial charge is 0.393 e. The van der Waals surface area contributed by atoms with Gasteiger partial charge in [0.15, 0.2) is 5.17 Å². The zero-order chi connectivity index (χ0) is 11.8. The maximum absolute atomic E-state index is 5.12. The third-order valence-electron chi connectivity index (χ3n) is 1.72. The van der Waals surface area contributed by atoms with Crippen molar-refractivity contribution in [2.75, 3.05) is 21.1 Å². The fourth-order valence-corrected chi connectivity index (χ4v) is 1.01. The number of hydrogen-bond acceptors (Lipinski definition) is 4. The molecule has 0 atom stereocenters. The van der Waals surface area contributed by atoms with E-state index in [4.69, 9.17) is 5.84 Å². The smallest absolute Gasteiger partial charge is 0.183 e. The highest BCUT2D eigenvalue weighted by molar-refractivity contribution is 7.96. The SMILES string of the molecule is C=C(C(/C=N\C)=C/NC)N(C)/C(S)=N\N. The molecule has 0 fully saturated rings. The van der Waals surface area contributed by atoms with Gasteiger partial charge < -0.3 is 16.1 Å². The molecule has 3 N–H and O–H groups in total. The molecule has 15 heavy (non-hydrogen) atoms. The first kappa shape index (κ1) is 13.6. The van der Waals surface area contributed by atoms with Crippen LogP contribution in [0.4, 0.5) is 0 Å². The standard InChI is InChI=1S/C9H17N5S/c1-7(14(4)9(15)13-10)8(5-11-2)6-12-3/h5-6,11H,1,10H2,2-4H3,(H,13,15)/b8-5+,12-6-. The predicted octanol–water partition coefficient (Wildman–Crippen LogP) is 0.395. The fourth-order valence-electron chi connectivity index (χ4n) is 0.891. The molecule has 0 saturated carbocycles. The van der Waals surface area contributed by atoms with Gasteiger partial charge in [0.2, 0.25) is 0 Å². The summed E-state index contributed by atoms with van der Waals surface area (Å²) >= 11 is 4.09. The van der Waals surface area contributed by atoms with Crippen LogP contribution in [0.5, 0.6) is 0 Å². The molecule has 84 valence electrons. The highest BCUT2D eigenvalue weighted by Gasteiger charge is 2.09. The van der Waals surface area contributed by atoms with Gasteiger partial charge in [-0.2, -0.15) is 5.10 Å². The molecule has 0 unspecified atom stereocenters. The number of nitrogens with zero attached hydrogens (tertiary/aromatic N) is 3. The summed E-state index contributed by atoms with van der Waals surface area (Å²) in [6.45, 7) is 3.90. The highest BCUT2D eigenvalue weighted by atomic mass is 32.1. The number of thiol groups is 1. The minimum absolute atomic E-state index is 0.381. The molecule has 0 aliphatic carbocycles. The number of amidine groups is 1. The zero-order valence-corrected chi connectivity index (χ0v) is 10.1. The summed E-state index contributed by atoms with van der Waals surface area (Å²) in [4.78, 5) is 5.59. The Morgan fingerprint density at radius 1 is 1.60 bits per heavy atom. The van der Waals surface area contributed by atoms with Gasteiger partial charge in [0.1, 0.15) is 0 Å². The van der Waals surface area contributed by atoms with E-state index >= 15 is 0 Å². The zero-order valence-electron chi connectivity index (χ0n) is 9.23. The van der Waals surface area contributed by atoms with Crippen molar-refractivity contribution in [2.24, 2.45) is 15.9 Å². The van der Waals surface area contributed by atoms with Crippen LogP contribution in [0.3, 0.4) is 0 Å². The van der Waals surface area contributed by atoms with Gasteiger partial charge in [-0.1, -0.05) is 6.58 Å². The highest BCUT2D eigenvalue weighted by Crippen LogP contribution is 2.11. The van der Waals surface area contributed by atoms with Crippen LogP contribution < -0.4 is 11.2 Å². The summed E-state index contributed by atoms with van der Waals surface area (Å²) in [5.41, 5.74) is 1.53. The van der Waals surface area contributed by atoms with Crippen molar-refractivity contribution in [3.05, 3.63) is 24.0 Å². The van der Waals surface area contributed by atoms with Crippen LogP contribution in [0.1, 0.15) is 0 Å². The van der Waals surface area contributed by atoms with Gasteiger partial charge in [0.05, 0.1) is 0 Å². The van der Waals surface area contributed by atoms with Gasteiger partial charge in [-0.3, -0.25) is 4.99 Å². The molecule has 6 heteroatoms. The van der Waals surface area contributed by atoms with Gasteiger partial charge in [0.25, 0.3) is 0 Å². The predicted molar refractivity (Wildman–Crippen MR) is 69.1 cm³/mol. The summed E-state index contributed by atoms with van der Waals surface area (Å²) in [6.07, 6.45) is 3.47. The normalized spacial score (nSPS) is 13.1. The number of likely N-dealkylation sites (N-methyl/N-ethyl adjacent to an activating group) is 1. The molecule has 5 nitrogen and oxygen atoms in total. The lowest BCUT2D eigenvalue weighted by Gasteiger charge is -2.20. The van der Waals surface area contributed by atoms with Crippen molar-refractivity contribution in [3.8, 4) is 0 Å². The van der Waals surface area contributed by atoms with Gasteiger partial charge in [-0.25, -0.2) is 0 Å². The molecule has 0 aliphatic heterocycles. The molecule has 0 bridgehead atoms. The van der Waals surface area contributed by atoms with Crippen LogP contribution in [-0.2, 0) is 0 Å². The first-order valence-electron chi connectivity index (χ1n) is 4.27. The molecular weight excluding hydrogens is 210 g/mol. The second kappa shape index (κ2) is 6.94. The molecule has 0 heterocycles. The minimum atomic E-state index is 0.381. The molecule has 0 rings (SSSR count). The van der Waals surface area contributed by atoms with Crippen molar-refractivity contribution in [1.82, 2.24) is 10.2 Å². The van der Waals surface area contributed by atoms with Crippen molar-refractivity contribution in [3.63, 3.8) is 0 Å². The van der Waals surface area contributed by atoms with Crippen molar-refractivity contribution in [2.45, 2.75) is 0 Å². The van der Waals surface area contributed by atoms with Crippen molar-refractivity contribution >= 4 is 24.0 Å². The topological polar surface area (TPSA) is 66.0 Å². The lowest BCUT2D eigenvalue weighted by atomic mass is 10.2. The molecule has 0 aromatic carbocycles. The van der Waals surface area contributed by atoms with Gasteiger partial charge in [-0.15, -0.1) is 12.6 Å². The number of hydrogen-bond donors (Lipinski definition) is 3. The van der Waals surface area contributed by atoms with Crippen LogP contribution >= 0.6 is 12.6 Å². The maximum Gasteiger partial charge on any atom is 0.183 e. The lowest BCUT2D eigenvalue weighted by molar-refractivity contribution is 0.655. The molecule has 0 amide bonds. The molecule has 0 aromatic heterocycles. The van der Waals surface area contributed by atoms with E-state index in [1.54, 1.807) is 38.5 Å². The Balaban J connectivity index is 4.88. The van der Waals surface area contributed by atoms with Crippen LogP contribution in [0.2, 0.25) is 0 Å². The summed E-state index contributed by atoms with van der Waals surface area (Å²) in [5.74, 6) is 5.12. The monoisotopic (exact) mass is 227 g/mol. The summed E-state index contributed by atoms with van der Waals surface area (Å²) in [7, 11) is 5.26. The summed E-state index contributed by atoms with van der Waals surface area (Å²) < 4.78 is 0. The number of nitrogens with one attached hydrogen (secondary N) is 1. The number of aliphatic imine (C=N–C) groups is 1. The summed E-state index contributed by atoms with van der Waals surface area (Å²) in [5, 5.41) is 6.76. The Bertz CT molecular complexity index is 306. The second-order valence-corrected chi connectivity index (χ2v) is 3.11. The number of nitrogens with two attached hydrogens (primary N) is 1. The van der Waals surface area contributed by atoms with E-state index in [0.29, 0.717) is 10.9 Å². The van der Waals surface area contributed by atoms with E-state index in [1.165, 1.54) is 0 Å². The van der Waals surface area contributed by atoms with Crippen molar-refractivity contribution in [1.29, 1.82) is 0 Å². The Kier molecular flexibility index (Phi) is 6.28. The third kappa shape index (κ3) is 4.07. The molecule has 0 radical (unpaired) electrons. The molecule has 0 aromatic rings. The Labute approximate surface area is 95.8 Å². The number of allylic oxidation sites excluding steroid dienone is 1. The molecular formula is C9H17N5S. The average molecular weight is 227 g/mol. The van der Waals surface area contributed by atoms with Gasteiger partial charge >= 0.3 is 0 Å². The van der Waals surface area contributed by atoms with Gasteiger partial charge in [-0.05, 0) is 0 Å². The Morgan fingerprint density at radius 3 is 2.60 bits per heavy atom. The third-order valence-corrected chi connectivity index (χ3v) is 2.14. The number of hydrazone groups is 1. The second-order valence-electron chi connectivity index (χ2n) is 2.71. The average Bonchev–Trinajstić information content (AvgIpc) is 2.25. The van der Waals surface area contributed by atoms with Crippen LogP contribution in [-0.4, -0.2) is 37.4 Å². The van der Waals surface area contributed by atoms with Gasteiger partial charge in [0, 0.05) is 44.8 Å². The minimum Gasteiger partial charge on any atom is -0.393 e. The first-order valence-corrected chi connectivity index (χ1v) is 4.72. The van der Waals surface area contributed by atoms with E-state index in [9.17, 15) is 0 Å². The van der Waals surface area contributed by atoms with E-state index in [0.717, 1.165) is 5.57 Å². The van der Waals surface area contributed by atoms with Crippen LogP contribution in [0.15, 0.2) is 34.1 Å². The quantitative estimate of drug-likeness (QED) is 0.163. The number of rotatable bonds is 4. The summed E-state index contributed by atoms with van der Waals surface area (Å²) in [6, 6.07) is 0. The Morgan fingerprint density at radius 2 is 2.20 bits per heavy atom. The van der Waals surface area contributed by atoms with E-state index in [1.807, 2.05) is 0 Å². The first-order chi connectivity index (χ1) is 7.08. The fraction of sp³-hybridized carbons (Fsp3) is 0.333. The molecule has 0 spiro atoms. The van der Waals surface area contributed by atoms with E-state index in [-0.39, 0.29) is 0 Å². The van der Waals surface area contributed by atoms with Crippen LogP contribution in [0, 0.1) is 0 Å². The van der Waals surface area contributed by atoms with Crippen molar-refractivity contribution < 1.29 is 0 Å². The van der Waals surface area contributed by atoms with Crippen LogP contribution in [0.25, 0.3) is 0 Å². The Hall–Kier alpha value is -1.43. The molecule has 0 saturated heterocycles. The van der Waals surface area contributed by atoms with E-state index in [2.05, 4.69) is 34.6 Å². The van der Waals surface area contributed by atoms with E-state index < -0.39 is 0 Å². The lowest BCUT2D eigenvalue weighted by Crippen LogP contribution is -2.24.